The van der Waals surface area contributed by atoms with Gasteiger partial charge in [0.25, 0.3) is 0 Å². The van der Waals surface area contributed by atoms with E-state index in [4.69, 9.17) is 4.74 Å². The third-order valence-corrected chi connectivity index (χ3v) is 3.20. The molecular formula is C14H18FNO2. The van der Waals surface area contributed by atoms with Crippen molar-refractivity contribution in [2.45, 2.75) is 25.8 Å². The molecule has 1 aliphatic heterocycles. The minimum atomic E-state index is -0.250. The fourth-order valence-electron chi connectivity index (χ4n) is 2.19. The molecular weight excluding hydrogens is 233 g/mol. The van der Waals surface area contributed by atoms with E-state index in [-0.39, 0.29) is 17.8 Å². The maximum Gasteiger partial charge on any atom is 0.223 e. The number of amides is 1. The van der Waals surface area contributed by atoms with Crippen LogP contribution in [-0.2, 0) is 16.0 Å². The van der Waals surface area contributed by atoms with Crippen LogP contribution in [0.3, 0.4) is 0 Å². The highest BCUT2D eigenvalue weighted by Gasteiger charge is 2.23. The van der Waals surface area contributed by atoms with E-state index in [1.807, 2.05) is 17.9 Å². The maximum atomic E-state index is 13.0. The molecule has 1 atom stereocenters. The van der Waals surface area contributed by atoms with Crippen molar-refractivity contribution in [3.63, 3.8) is 0 Å². The van der Waals surface area contributed by atoms with Gasteiger partial charge in [-0.05, 0) is 31.0 Å². The van der Waals surface area contributed by atoms with Crippen LogP contribution in [-0.4, -0.2) is 36.6 Å². The summed E-state index contributed by atoms with van der Waals surface area (Å²) in [6.45, 7) is 3.85. The quantitative estimate of drug-likeness (QED) is 0.822. The molecule has 0 aromatic heterocycles. The van der Waals surface area contributed by atoms with Gasteiger partial charge in [0.15, 0.2) is 0 Å². The lowest BCUT2D eigenvalue weighted by atomic mass is 10.1. The van der Waals surface area contributed by atoms with Gasteiger partial charge in [-0.3, -0.25) is 4.79 Å². The molecule has 1 aliphatic rings. The van der Waals surface area contributed by atoms with Gasteiger partial charge < -0.3 is 9.64 Å². The molecule has 0 N–H and O–H groups in total. The summed E-state index contributed by atoms with van der Waals surface area (Å²) in [6.07, 6.45) is 1.01. The summed E-state index contributed by atoms with van der Waals surface area (Å²) in [5.74, 6) is -0.130. The van der Waals surface area contributed by atoms with E-state index in [1.54, 1.807) is 6.07 Å². The number of carbonyl (C=O) groups is 1. The molecule has 0 bridgehead atoms. The normalized spacial score (nSPS) is 19.9. The zero-order valence-electron chi connectivity index (χ0n) is 10.6. The van der Waals surface area contributed by atoms with E-state index in [0.29, 0.717) is 32.6 Å². The maximum absolute atomic E-state index is 13.0. The SMILES string of the molecule is CC1COCCN1C(=O)CCc1cccc(F)c1. The second-order valence-corrected chi connectivity index (χ2v) is 4.64. The number of benzene rings is 1. The molecule has 2 rings (SSSR count). The Kier molecular flexibility index (Phi) is 4.31. The molecule has 1 saturated heterocycles. The van der Waals surface area contributed by atoms with Crippen molar-refractivity contribution in [2.24, 2.45) is 0 Å². The molecule has 1 aromatic rings. The largest absolute Gasteiger partial charge is 0.377 e. The zero-order valence-corrected chi connectivity index (χ0v) is 10.6. The number of rotatable bonds is 3. The van der Waals surface area contributed by atoms with Crippen LogP contribution in [0.2, 0.25) is 0 Å². The van der Waals surface area contributed by atoms with Crippen molar-refractivity contribution in [2.75, 3.05) is 19.8 Å². The van der Waals surface area contributed by atoms with Gasteiger partial charge in [0, 0.05) is 13.0 Å². The second kappa shape index (κ2) is 5.96. The van der Waals surface area contributed by atoms with Crippen LogP contribution in [0.5, 0.6) is 0 Å². The molecule has 1 heterocycles. The molecule has 0 saturated carbocycles. The summed E-state index contributed by atoms with van der Waals surface area (Å²) in [6, 6.07) is 6.55. The predicted molar refractivity (Wildman–Crippen MR) is 66.7 cm³/mol. The lowest BCUT2D eigenvalue weighted by Gasteiger charge is -2.33. The third-order valence-electron chi connectivity index (χ3n) is 3.20. The number of nitrogens with zero attached hydrogens (tertiary/aromatic N) is 1. The molecule has 4 heteroatoms. The molecule has 1 amide bonds. The van der Waals surface area contributed by atoms with Crippen LogP contribution in [0.1, 0.15) is 18.9 Å². The molecule has 3 nitrogen and oxygen atoms in total. The van der Waals surface area contributed by atoms with Gasteiger partial charge in [-0.25, -0.2) is 4.39 Å². The minimum Gasteiger partial charge on any atom is -0.377 e. The predicted octanol–water partition coefficient (Wildman–Crippen LogP) is 2.01. The monoisotopic (exact) mass is 251 g/mol. The molecule has 1 aromatic carbocycles. The molecule has 0 radical (unpaired) electrons. The van der Waals surface area contributed by atoms with E-state index >= 15 is 0 Å². The van der Waals surface area contributed by atoms with Gasteiger partial charge in [-0.15, -0.1) is 0 Å². The number of carbonyl (C=O) groups excluding carboxylic acids is 1. The fraction of sp³-hybridized carbons (Fsp3) is 0.500. The summed E-state index contributed by atoms with van der Waals surface area (Å²) in [4.78, 5) is 13.9. The van der Waals surface area contributed by atoms with Crippen molar-refractivity contribution in [3.05, 3.63) is 35.6 Å². The van der Waals surface area contributed by atoms with Crippen molar-refractivity contribution in [1.82, 2.24) is 4.90 Å². The van der Waals surface area contributed by atoms with Crippen molar-refractivity contribution in [3.8, 4) is 0 Å². The zero-order chi connectivity index (χ0) is 13.0. The number of morpholine rings is 1. The average Bonchev–Trinajstić information content (AvgIpc) is 2.37. The summed E-state index contributed by atoms with van der Waals surface area (Å²) < 4.78 is 18.3. The Bertz CT molecular complexity index is 422. The highest BCUT2D eigenvalue weighted by Crippen LogP contribution is 2.11. The highest BCUT2D eigenvalue weighted by molar-refractivity contribution is 5.76. The Balaban J connectivity index is 1.88. The van der Waals surface area contributed by atoms with E-state index in [1.165, 1.54) is 12.1 Å². The van der Waals surface area contributed by atoms with Gasteiger partial charge in [-0.2, -0.15) is 0 Å². The molecule has 0 aliphatic carbocycles. The van der Waals surface area contributed by atoms with Crippen LogP contribution >= 0.6 is 0 Å². The van der Waals surface area contributed by atoms with Gasteiger partial charge in [0.05, 0.1) is 19.3 Å². The van der Waals surface area contributed by atoms with E-state index in [9.17, 15) is 9.18 Å². The topological polar surface area (TPSA) is 29.5 Å². The standard InChI is InChI=1S/C14H18FNO2/c1-11-10-18-8-7-16(11)14(17)6-5-12-3-2-4-13(15)9-12/h2-4,9,11H,5-8,10H2,1H3. The highest BCUT2D eigenvalue weighted by atomic mass is 19.1. The number of aryl methyl sites for hydroxylation is 1. The third kappa shape index (κ3) is 3.29. The Hall–Kier alpha value is -1.42. The average molecular weight is 251 g/mol. The Morgan fingerprint density at radius 2 is 2.39 bits per heavy atom. The first-order valence-electron chi connectivity index (χ1n) is 6.28. The first-order chi connectivity index (χ1) is 8.66. The first-order valence-corrected chi connectivity index (χ1v) is 6.28. The van der Waals surface area contributed by atoms with Crippen LogP contribution < -0.4 is 0 Å². The number of halogens is 1. The van der Waals surface area contributed by atoms with Gasteiger partial charge in [0.2, 0.25) is 5.91 Å². The van der Waals surface area contributed by atoms with Gasteiger partial charge in [0.1, 0.15) is 5.82 Å². The number of hydrogen-bond acceptors (Lipinski definition) is 2. The van der Waals surface area contributed by atoms with Crippen LogP contribution in [0.4, 0.5) is 4.39 Å². The summed E-state index contributed by atoms with van der Waals surface area (Å²) in [5.41, 5.74) is 0.865. The smallest absolute Gasteiger partial charge is 0.223 e. The van der Waals surface area contributed by atoms with Crippen LogP contribution in [0.25, 0.3) is 0 Å². The second-order valence-electron chi connectivity index (χ2n) is 4.64. The van der Waals surface area contributed by atoms with Crippen LogP contribution in [0, 0.1) is 5.82 Å². The van der Waals surface area contributed by atoms with Crippen LogP contribution in [0.15, 0.2) is 24.3 Å². The minimum absolute atomic E-state index is 0.120. The van der Waals surface area contributed by atoms with Gasteiger partial charge >= 0.3 is 0 Å². The van der Waals surface area contributed by atoms with E-state index < -0.39 is 0 Å². The number of ether oxygens (including phenoxy) is 1. The summed E-state index contributed by atoms with van der Waals surface area (Å²) in [7, 11) is 0. The fourth-order valence-corrected chi connectivity index (χ4v) is 2.19. The molecule has 1 unspecified atom stereocenters. The van der Waals surface area contributed by atoms with E-state index in [0.717, 1.165) is 5.56 Å². The van der Waals surface area contributed by atoms with Crippen molar-refractivity contribution >= 4 is 5.91 Å². The van der Waals surface area contributed by atoms with Gasteiger partial charge in [-0.1, -0.05) is 12.1 Å². The van der Waals surface area contributed by atoms with E-state index in [2.05, 4.69) is 0 Å². The molecule has 18 heavy (non-hydrogen) atoms. The van der Waals surface area contributed by atoms with Crippen molar-refractivity contribution in [1.29, 1.82) is 0 Å². The lowest BCUT2D eigenvalue weighted by Crippen LogP contribution is -2.47. The molecule has 0 spiro atoms. The Labute approximate surface area is 107 Å². The first kappa shape index (κ1) is 13.0. The Morgan fingerprint density at radius 1 is 1.56 bits per heavy atom. The summed E-state index contributed by atoms with van der Waals surface area (Å²) in [5, 5.41) is 0. The summed E-state index contributed by atoms with van der Waals surface area (Å²) >= 11 is 0. The lowest BCUT2D eigenvalue weighted by molar-refractivity contribution is -0.139. The molecule has 98 valence electrons. The Morgan fingerprint density at radius 3 is 3.11 bits per heavy atom. The number of hydrogen-bond donors (Lipinski definition) is 0. The van der Waals surface area contributed by atoms with Crippen molar-refractivity contribution < 1.29 is 13.9 Å². The molecule has 1 fully saturated rings.